The number of anilines is 2. The number of hydrogen-bond acceptors (Lipinski definition) is 4. The number of fused-ring (bicyclic) bond motifs is 1. The van der Waals surface area contributed by atoms with Crippen molar-refractivity contribution in [2.45, 2.75) is 0 Å². The van der Waals surface area contributed by atoms with Crippen molar-refractivity contribution in [1.82, 2.24) is 9.97 Å². The van der Waals surface area contributed by atoms with Crippen LogP contribution in [0.5, 0.6) is 0 Å². The highest BCUT2D eigenvalue weighted by Gasteiger charge is 2.15. The van der Waals surface area contributed by atoms with Gasteiger partial charge in [-0.25, -0.2) is 14.2 Å². The minimum atomic E-state index is -1.34. The summed E-state index contributed by atoms with van der Waals surface area (Å²) in [4.78, 5) is 19.0. The third kappa shape index (κ3) is 2.38. The van der Waals surface area contributed by atoms with Crippen LogP contribution in [0.15, 0.2) is 48.8 Å². The van der Waals surface area contributed by atoms with Crippen molar-refractivity contribution < 1.29 is 14.3 Å². The molecule has 1 aromatic carbocycles. The molecule has 3 aromatic rings. The molecule has 0 saturated heterocycles. The van der Waals surface area contributed by atoms with Gasteiger partial charge in [0.1, 0.15) is 5.56 Å². The Morgan fingerprint density at radius 3 is 2.76 bits per heavy atom. The summed E-state index contributed by atoms with van der Waals surface area (Å²) in [5, 5.41) is 12.5. The molecule has 5 nitrogen and oxygen atoms in total. The molecule has 2 aromatic heterocycles. The molecule has 0 atom stereocenters. The number of nitrogens with zero attached hydrogens (tertiary/aromatic N) is 2. The predicted octanol–water partition coefficient (Wildman–Crippen LogP) is 3.21. The molecule has 104 valence electrons. The van der Waals surface area contributed by atoms with Crippen molar-refractivity contribution >= 4 is 28.4 Å². The summed E-state index contributed by atoms with van der Waals surface area (Å²) in [6.45, 7) is 0. The van der Waals surface area contributed by atoms with E-state index in [2.05, 4.69) is 15.3 Å². The SMILES string of the molecule is O=C(O)c1ccnc(Nc2cccc3ncccc23)c1F. The molecule has 0 aliphatic heterocycles. The summed E-state index contributed by atoms with van der Waals surface area (Å²) in [7, 11) is 0. The number of hydrogen-bond donors (Lipinski definition) is 2. The van der Waals surface area contributed by atoms with Crippen molar-refractivity contribution in [3.63, 3.8) is 0 Å². The number of halogens is 1. The highest BCUT2D eigenvalue weighted by atomic mass is 19.1. The Labute approximate surface area is 119 Å². The Balaban J connectivity index is 2.07. The van der Waals surface area contributed by atoms with Crippen molar-refractivity contribution in [1.29, 1.82) is 0 Å². The Kier molecular flexibility index (Phi) is 3.19. The average Bonchev–Trinajstić information content (AvgIpc) is 2.49. The van der Waals surface area contributed by atoms with Crippen LogP contribution in [0.2, 0.25) is 0 Å². The summed E-state index contributed by atoms with van der Waals surface area (Å²) >= 11 is 0. The Morgan fingerprint density at radius 1 is 1.10 bits per heavy atom. The number of nitrogens with one attached hydrogen (secondary N) is 1. The van der Waals surface area contributed by atoms with E-state index in [-0.39, 0.29) is 5.82 Å². The van der Waals surface area contributed by atoms with Gasteiger partial charge in [-0.15, -0.1) is 0 Å². The second-order valence-electron chi connectivity index (χ2n) is 4.33. The van der Waals surface area contributed by atoms with Gasteiger partial charge in [0.15, 0.2) is 11.6 Å². The third-order valence-electron chi connectivity index (χ3n) is 3.02. The Hall–Kier alpha value is -3.02. The van der Waals surface area contributed by atoms with Crippen LogP contribution in [0.1, 0.15) is 10.4 Å². The zero-order valence-electron chi connectivity index (χ0n) is 10.7. The van der Waals surface area contributed by atoms with E-state index in [0.29, 0.717) is 5.69 Å². The van der Waals surface area contributed by atoms with Crippen LogP contribution in [0.25, 0.3) is 10.9 Å². The fourth-order valence-electron chi connectivity index (χ4n) is 2.04. The third-order valence-corrected chi connectivity index (χ3v) is 3.02. The van der Waals surface area contributed by atoms with E-state index < -0.39 is 17.3 Å². The normalized spacial score (nSPS) is 10.5. The molecule has 3 rings (SSSR count). The summed E-state index contributed by atoms with van der Waals surface area (Å²) in [6.07, 6.45) is 2.91. The molecule has 2 heterocycles. The average molecular weight is 283 g/mol. The fourth-order valence-corrected chi connectivity index (χ4v) is 2.04. The van der Waals surface area contributed by atoms with Crippen molar-refractivity contribution in [3.05, 3.63) is 60.2 Å². The molecule has 0 bridgehead atoms. The second kappa shape index (κ2) is 5.16. The van der Waals surface area contributed by atoms with E-state index >= 15 is 0 Å². The van der Waals surface area contributed by atoms with Gasteiger partial charge in [0.2, 0.25) is 0 Å². The minimum absolute atomic E-state index is 0.133. The first-order valence-corrected chi connectivity index (χ1v) is 6.15. The Morgan fingerprint density at radius 2 is 1.95 bits per heavy atom. The van der Waals surface area contributed by atoms with Gasteiger partial charge in [-0.3, -0.25) is 4.98 Å². The van der Waals surface area contributed by atoms with Crippen LogP contribution in [0.3, 0.4) is 0 Å². The summed E-state index contributed by atoms with van der Waals surface area (Å²) in [5.74, 6) is -2.37. The predicted molar refractivity (Wildman–Crippen MR) is 76.2 cm³/mol. The summed E-state index contributed by atoms with van der Waals surface area (Å²) in [6, 6.07) is 10.1. The van der Waals surface area contributed by atoms with Crippen LogP contribution >= 0.6 is 0 Å². The zero-order valence-corrected chi connectivity index (χ0v) is 10.7. The number of rotatable bonds is 3. The molecule has 6 heteroatoms. The molecular weight excluding hydrogens is 273 g/mol. The van der Waals surface area contributed by atoms with Crippen LogP contribution < -0.4 is 5.32 Å². The number of carboxylic acid groups (broad SMARTS) is 1. The first kappa shape index (κ1) is 13.0. The van der Waals surface area contributed by atoms with Crippen LogP contribution in [0.4, 0.5) is 15.9 Å². The maximum absolute atomic E-state index is 14.1. The van der Waals surface area contributed by atoms with Gasteiger partial charge in [-0.2, -0.15) is 0 Å². The smallest absolute Gasteiger partial charge is 0.338 e. The van der Waals surface area contributed by atoms with Gasteiger partial charge in [0.25, 0.3) is 0 Å². The maximum atomic E-state index is 14.1. The highest BCUT2D eigenvalue weighted by molar-refractivity contribution is 5.93. The van der Waals surface area contributed by atoms with Gasteiger partial charge < -0.3 is 10.4 Å². The zero-order chi connectivity index (χ0) is 14.8. The van der Waals surface area contributed by atoms with E-state index in [1.165, 1.54) is 6.20 Å². The van der Waals surface area contributed by atoms with Crippen molar-refractivity contribution in [3.8, 4) is 0 Å². The van der Waals surface area contributed by atoms with Gasteiger partial charge in [-0.05, 0) is 30.3 Å². The van der Waals surface area contributed by atoms with Crippen LogP contribution in [-0.4, -0.2) is 21.0 Å². The Bertz CT molecular complexity index is 831. The van der Waals surface area contributed by atoms with Crippen LogP contribution in [-0.2, 0) is 0 Å². The molecule has 2 N–H and O–H groups in total. The number of aromatic carboxylic acids is 1. The first-order chi connectivity index (χ1) is 10.2. The van der Waals surface area contributed by atoms with Gasteiger partial charge in [0, 0.05) is 23.5 Å². The number of carbonyl (C=O) groups is 1. The van der Waals surface area contributed by atoms with Gasteiger partial charge in [0.05, 0.1) is 5.52 Å². The molecule has 0 unspecified atom stereocenters. The number of carboxylic acids is 1. The minimum Gasteiger partial charge on any atom is -0.478 e. The topological polar surface area (TPSA) is 75.1 Å². The molecule has 0 aliphatic rings. The molecule has 0 amide bonds. The molecule has 0 radical (unpaired) electrons. The molecule has 21 heavy (non-hydrogen) atoms. The van der Waals surface area contributed by atoms with Crippen LogP contribution in [0, 0.1) is 5.82 Å². The van der Waals surface area contributed by atoms with Crippen molar-refractivity contribution in [2.24, 2.45) is 0 Å². The van der Waals surface area contributed by atoms with Gasteiger partial charge in [-0.1, -0.05) is 6.07 Å². The summed E-state index contributed by atoms with van der Waals surface area (Å²) in [5.41, 5.74) is 0.928. The van der Waals surface area contributed by atoms with Gasteiger partial charge >= 0.3 is 5.97 Å². The van der Waals surface area contributed by atoms with E-state index in [1.54, 1.807) is 24.4 Å². The fraction of sp³-hybridized carbons (Fsp3) is 0. The number of pyridine rings is 2. The lowest BCUT2D eigenvalue weighted by Crippen LogP contribution is -2.05. The van der Waals surface area contributed by atoms with E-state index in [1.807, 2.05) is 12.1 Å². The monoisotopic (exact) mass is 283 g/mol. The summed E-state index contributed by atoms with van der Waals surface area (Å²) < 4.78 is 14.1. The molecule has 0 fully saturated rings. The highest BCUT2D eigenvalue weighted by Crippen LogP contribution is 2.26. The molecule has 0 aliphatic carbocycles. The molecular formula is C15H10FN3O2. The lowest BCUT2D eigenvalue weighted by Gasteiger charge is -2.10. The number of benzene rings is 1. The van der Waals surface area contributed by atoms with E-state index in [9.17, 15) is 9.18 Å². The lowest BCUT2D eigenvalue weighted by atomic mass is 10.1. The number of aromatic nitrogens is 2. The first-order valence-electron chi connectivity index (χ1n) is 6.15. The standard InChI is InChI=1S/C15H10FN3O2/c16-13-10(15(20)21)6-8-18-14(13)19-12-5-1-4-11-9(12)3-2-7-17-11/h1-8H,(H,18,19)(H,20,21). The van der Waals surface area contributed by atoms with Crippen molar-refractivity contribution in [2.75, 3.05) is 5.32 Å². The van der Waals surface area contributed by atoms with E-state index in [4.69, 9.17) is 5.11 Å². The molecule has 0 saturated carbocycles. The lowest BCUT2D eigenvalue weighted by molar-refractivity contribution is 0.0692. The quantitative estimate of drug-likeness (QED) is 0.772. The maximum Gasteiger partial charge on any atom is 0.338 e. The molecule has 0 spiro atoms. The second-order valence-corrected chi connectivity index (χ2v) is 4.33. The van der Waals surface area contributed by atoms with E-state index in [0.717, 1.165) is 17.0 Å². The largest absolute Gasteiger partial charge is 0.478 e.